The van der Waals surface area contributed by atoms with Crippen molar-refractivity contribution in [3.63, 3.8) is 0 Å². The Morgan fingerprint density at radius 2 is 2.26 bits per heavy atom. The van der Waals surface area contributed by atoms with Crippen LogP contribution in [0.15, 0.2) is 0 Å². The highest BCUT2D eigenvalue weighted by Gasteiger charge is 2.29. The maximum atomic E-state index is 11.5. The maximum absolute atomic E-state index is 11.5. The third-order valence-corrected chi connectivity index (χ3v) is 4.12. The van der Waals surface area contributed by atoms with E-state index in [-0.39, 0.29) is 11.8 Å². The number of rotatable bonds is 5. The maximum Gasteiger partial charge on any atom is 0.234 e. The van der Waals surface area contributed by atoms with E-state index < -0.39 is 0 Å². The van der Waals surface area contributed by atoms with Gasteiger partial charge < -0.3 is 5.32 Å². The fraction of sp³-hybridized carbons (Fsp3) is 0.667. The van der Waals surface area contributed by atoms with Crippen molar-refractivity contribution in [1.29, 1.82) is 0 Å². The largest absolute Gasteiger partial charge is 0.355 e. The summed E-state index contributed by atoms with van der Waals surface area (Å²) in [4.78, 5) is 12.3. The molecule has 0 atom stereocenters. The van der Waals surface area contributed by atoms with Crippen LogP contribution in [0.25, 0.3) is 4.96 Å². The number of carbonyl (C=O) groups excluding carboxylic acids is 1. The monoisotopic (exact) mass is 279 g/mol. The van der Waals surface area contributed by atoms with Crippen LogP contribution < -0.4 is 5.32 Å². The second-order valence-electron chi connectivity index (χ2n) is 5.22. The van der Waals surface area contributed by atoms with Crippen molar-refractivity contribution in [3.05, 3.63) is 10.8 Å². The molecule has 3 rings (SSSR count). The Hall–Kier alpha value is -1.50. The van der Waals surface area contributed by atoms with E-state index in [1.165, 1.54) is 12.8 Å². The summed E-state index contributed by atoms with van der Waals surface area (Å²) in [6.45, 7) is 4.40. The van der Waals surface area contributed by atoms with Crippen molar-refractivity contribution in [1.82, 2.24) is 25.1 Å². The minimum absolute atomic E-state index is 0.0271. The minimum Gasteiger partial charge on any atom is -0.355 e. The van der Waals surface area contributed by atoms with Crippen LogP contribution in [0.1, 0.15) is 43.4 Å². The summed E-state index contributed by atoms with van der Waals surface area (Å²) < 4.78 is 1.86. The Bertz CT molecular complexity index is 598. The molecule has 1 aliphatic rings. The van der Waals surface area contributed by atoms with Gasteiger partial charge in [0, 0.05) is 24.8 Å². The zero-order chi connectivity index (χ0) is 13.4. The Kier molecular flexibility index (Phi) is 3.22. The van der Waals surface area contributed by atoms with Gasteiger partial charge in [-0.05, 0) is 12.8 Å². The molecule has 0 saturated heterocycles. The van der Waals surface area contributed by atoms with Gasteiger partial charge in [0.15, 0.2) is 5.82 Å². The summed E-state index contributed by atoms with van der Waals surface area (Å²) in [5, 5.41) is 16.8. The van der Waals surface area contributed by atoms with E-state index in [0.717, 1.165) is 22.2 Å². The van der Waals surface area contributed by atoms with E-state index in [1.807, 2.05) is 18.4 Å². The summed E-state index contributed by atoms with van der Waals surface area (Å²) in [5.41, 5.74) is 0. The van der Waals surface area contributed by atoms with Crippen LogP contribution in [-0.2, 0) is 11.2 Å². The van der Waals surface area contributed by atoms with Crippen molar-refractivity contribution < 1.29 is 4.79 Å². The number of hydrogen-bond acceptors (Lipinski definition) is 5. The summed E-state index contributed by atoms with van der Waals surface area (Å²) in [7, 11) is 0. The quantitative estimate of drug-likeness (QED) is 0.897. The first-order valence-corrected chi connectivity index (χ1v) is 7.45. The van der Waals surface area contributed by atoms with Gasteiger partial charge in [0.05, 0.1) is 0 Å². The van der Waals surface area contributed by atoms with E-state index in [4.69, 9.17) is 0 Å². The molecule has 0 radical (unpaired) electrons. The number of fused-ring (bicyclic) bond motifs is 1. The molecule has 1 saturated carbocycles. The van der Waals surface area contributed by atoms with Crippen molar-refractivity contribution >= 4 is 22.2 Å². The molecular formula is C12H17N5OS. The Morgan fingerprint density at radius 3 is 2.95 bits per heavy atom. The summed E-state index contributed by atoms with van der Waals surface area (Å²) in [5.74, 6) is 1.65. The van der Waals surface area contributed by atoms with Gasteiger partial charge in [0.25, 0.3) is 0 Å². The van der Waals surface area contributed by atoms with Gasteiger partial charge in [0.2, 0.25) is 10.9 Å². The fourth-order valence-electron chi connectivity index (χ4n) is 1.87. The van der Waals surface area contributed by atoms with Gasteiger partial charge in [0.1, 0.15) is 5.01 Å². The standard InChI is InChI=1S/C12H17N5OS/c1-7(2)11(18)13-6-5-9-16-17-10(8-3-4-8)14-15-12(17)19-9/h7-8H,3-6H2,1-2H3,(H,13,18). The molecule has 2 aromatic rings. The lowest BCUT2D eigenvalue weighted by atomic mass is 10.2. The van der Waals surface area contributed by atoms with Gasteiger partial charge >= 0.3 is 0 Å². The molecule has 1 fully saturated rings. The zero-order valence-electron chi connectivity index (χ0n) is 11.1. The molecule has 102 valence electrons. The number of nitrogens with zero attached hydrogens (tertiary/aromatic N) is 4. The lowest BCUT2D eigenvalue weighted by Gasteiger charge is -2.05. The lowest BCUT2D eigenvalue weighted by Crippen LogP contribution is -2.29. The van der Waals surface area contributed by atoms with Crippen LogP contribution in [0.4, 0.5) is 0 Å². The van der Waals surface area contributed by atoms with Gasteiger partial charge in [-0.1, -0.05) is 25.2 Å². The van der Waals surface area contributed by atoms with Crippen LogP contribution in [0.2, 0.25) is 0 Å². The van der Waals surface area contributed by atoms with E-state index in [0.29, 0.717) is 12.5 Å². The molecule has 0 unspecified atom stereocenters. The van der Waals surface area contributed by atoms with Gasteiger partial charge in [-0.2, -0.15) is 9.61 Å². The molecule has 0 aliphatic heterocycles. The highest BCUT2D eigenvalue weighted by molar-refractivity contribution is 7.16. The highest BCUT2D eigenvalue weighted by atomic mass is 32.1. The SMILES string of the molecule is CC(C)C(=O)NCCc1nn2c(C3CC3)nnc2s1. The number of nitrogens with one attached hydrogen (secondary N) is 1. The van der Waals surface area contributed by atoms with E-state index in [1.54, 1.807) is 11.3 Å². The molecule has 2 aromatic heterocycles. The molecule has 6 nitrogen and oxygen atoms in total. The van der Waals surface area contributed by atoms with Crippen LogP contribution >= 0.6 is 11.3 Å². The molecule has 7 heteroatoms. The summed E-state index contributed by atoms with van der Waals surface area (Å²) in [6.07, 6.45) is 3.13. The van der Waals surface area contributed by atoms with E-state index in [9.17, 15) is 4.79 Å². The first-order chi connectivity index (χ1) is 9.15. The van der Waals surface area contributed by atoms with Crippen LogP contribution in [0.3, 0.4) is 0 Å². The molecule has 1 amide bonds. The zero-order valence-corrected chi connectivity index (χ0v) is 11.9. The van der Waals surface area contributed by atoms with Crippen molar-refractivity contribution in [2.45, 2.75) is 39.0 Å². The third-order valence-electron chi connectivity index (χ3n) is 3.16. The molecule has 19 heavy (non-hydrogen) atoms. The average molecular weight is 279 g/mol. The average Bonchev–Trinajstić information content (AvgIpc) is 3.00. The normalized spacial score (nSPS) is 15.3. The van der Waals surface area contributed by atoms with Gasteiger partial charge in [-0.15, -0.1) is 10.2 Å². The molecule has 1 N–H and O–H groups in total. The second kappa shape index (κ2) is 4.88. The molecule has 1 aliphatic carbocycles. The Labute approximate surface area is 115 Å². The third kappa shape index (κ3) is 2.60. The predicted molar refractivity (Wildman–Crippen MR) is 72.2 cm³/mol. The van der Waals surface area contributed by atoms with Crippen LogP contribution in [-0.4, -0.2) is 32.3 Å². The summed E-state index contributed by atoms with van der Waals surface area (Å²) >= 11 is 1.55. The number of hydrogen-bond donors (Lipinski definition) is 1. The van der Waals surface area contributed by atoms with Crippen LogP contribution in [0.5, 0.6) is 0 Å². The van der Waals surface area contributed by atoms with Crippen LogP contribution in [0, 0.1) is 5.92 Å². The molecule has 0 spiro atoms. The second-order valence-corrected chi connectivity index (χ2v) is 6.26. The summed E-state index contributed by atoms with van der Waals surface area (Å²) in [6, 6.07) is 0. The van der Waals surface area contributed by atoms with Gasteiger partial charge in [-0.25, -0.2) is 0 Å². The van der Waals surface area contributed by atoms with E-state index in [2.05, 4.69) is 20.6 Å². The number of aromatic nitrogens is 4. The number of amides is 1. The minimum atomic E-state index is 0.0271. The number of carbonyl (C=O) groups is 1. The fourth-order valence-corrected chi connectivity index (χ4v) is 2.71. The van der Waals surface area contributed by atoms with Crippen molar-refractivity contribution in [2.75, 3.05) is 6.54 Å². The first-order valence-electron chi connectivity index (χ1n) is 6.64. The Morgan fingerprint density at radius 1 is 1.47 bits per heavy atom. The molecule has 0 aromatic carbocycles. The van der Waals surface area contributed by atoms with E-state index >= 15 is 0 Å². The topological polar surface area (TPSA) is 72.2 Å². The first kappa shape index (κ1) is 12.5. The molecule has 0 bridgehead atoms. The highest BCUT2D eigenvalue weighted by Crippen LogP contribution is 2.39. The van der Waals surface area contributed by atoms with Gasteiger partial charge in [-0.3, -0.25) is 4.79 Å². The Balaban J connectivity index is 1.63. The molecule has 2 heterocycles. The molecular weight excluding hydrogens is 262 g/mol. The predicted octanol–water partition coefficient (Wildman–Crippen LogP) is 1.38. The smallest absolute Gasteiger partial charge is 0.234 e. The lowest BCUT2D eigenvalue weighted by molar-refractivity contribution is -0.123. The van der Waals surface area contributed by atoms with Crippen molar-refractivity contribution in [3.8, 4) is 0 Å². The van der Waals surface area contributed by atoms with Crippen molar-refractivity contribution in [2.24, 2.45) is 5.92 Å².